The minimum Gasteiger partial charge on any atom is -0.330 e. The van der Waals surface area contributed by atoms with Crippen LogP contribution in [0.15, 0.2) is 0 Å². The van der Waals surface area contributed by atoms with Gasteiger partial charge < -0.3 is 10.6 Å². The van der Waals surface area contributed by atoms with Gasteiger partial charge in [0.2, 0.25) is 0 Å². The summed E-state index contributed by atoms with van der Waals surface area (Å²) < 4.78 is 0. The van der Waals surface area contributed by atoms with Crippen molar-refractivity contribution in [1.82, 2.24) is 4.90 Å². The lowest BCUT2D eigenvalue weighted by atomic mass is 9.67. The van der Waals surface area contributed by atoms with Gasteiger partial charge in [0.25, 0.3) is 0 Å². The van der Waals surface area contributed by atoms with Crippen LogP contribution < -0.4 is 5.73 Å². The van der Waals surface area contributed by atoms with Crippen molar-refractivity contribution >= 4 is 0 Å². The molecule has 2 rings (SSSR count). The fourth-order valence-electron chi connectivity index (χ4n) is 3.72. The first-order valence-corrected chi connectivity index (χ1v) is 7.60. The van der Waals surface area contributed by atoms with Crippen molar-refractivity contribution in [2.75, 3.05) is 26.2 Å². The zero-order valence-electron chi connectivity index (χ0n) is 11.8. The summed E-state index contributed by atoms with van der Waals surface area (Å²) >= 11 is 0. The highest BCUT2D eigenvalue weighted by molar-refractivity contribution is 4.93. The molecule has 0 radical (unpaired) electrons. The summed E-state index contributed by atoms with van der Waals surface area (Å²) in [4.78, 5) is 2.69. The van der Waals surface area contributed by atoms with Crippen LogP contribution in [0.2, 0.25) is 0 Å². The lowest BCUT2D eigenvalue weighted by Gasteiger charge is -2.48. The van der Waals surface area contributed by atoms with E-state index in [0.717, 1.165) is 6.54 Å². The van der Waals surface area contributed by atoms with Crippen LogP contribution in [0.3, 0.4) is 0 Å². The molecule has 1 saturated heterocycles. The number of hydrogen-bond acceptors (Lipinski definition) is 2. The fourth-order valence-corrected chi connectivity index (χ4v) is 3.72. The van der Waals surface area contributed by atoms with Crippen LogP contribution in [0.4, 0.5) is 0 Å². The van der Waals surface area contributed by atoms with Crippen molar-refractivity contribution in [3.05, 3.63) is 0 Å². The van der Waals surface area contributed by atoms with Crippen molar-refractivity contribution in [2.45, 2.75) is 58.8 Å². The summed E-state index contributed by atoms with van der Waals surface area (Å²) in [6, 6.07) is 0. The third-order valence-corrected chi connectivity index (χ3v) is 5.82. The van der Waals surface area contributed by atoms with Crippen LogP contribution in [0, 0.1) is 10.8 Å². The van der Waals surface area contributed by atoms with E-state index in [1.54, 1.807) is 0 Å². The third kappa shape index (κ3) is 2.68. The predicted octanol–water partition coefficient (Wildman–Crippen LogP) is 3.02. The molecule has 1 heterocycles. The smallest absolute Gasteiger partial charge is 0.00501 e. The van der Waals surface area contributed by atoms with Gasteiger partial charge in [0.15, 0.2) is 0 Å². The number of hydrogen-bond donors (Lipinski definition) is 1. The molecule has 17 heavy (non-hydrogen) atoms. The van der Waals surface area contributed by atoms with E-state index < -0.39 is 0 Å². The number of nitrogens with zero attached hydrogens (tertiary/aromatic N) is 1. The molecule has 0 atom stereocenters. The Bertz CT molecular complexity index is 226. The summed E-state index contributed by atoms with van der Waals surface area (Å²) in [5, 5.41) is 0. The SMILES string of the molecule is CCC1(CC)CCN(CC2(CN)CCC2)CC1. The zero-order valence-corrected chi connectivity index (χ0v) is 11.8. The molecule has 1 aliphatic heterocycles. The molecule has 0 aromatic rings. The van der Waals surface area contributed by atoms with Crippen LogP contribution in [0.5, 0.6) is 0 Å². The van der Waals surface area contributed by atoms with Gasteiger partial charge in [-0.2, -0.15) is 0 Å². The third-order valence-electron chi connectivity index (χ3n) is 5.82. The fraction of sp³-hybridized carbons (Fsp3) is 1.00. The molecule has 0 bridgehead atoms. The quantitative estimate of drug-likeness (QED) is 0.798. The molecule has 0 unspecified atom stereocenters. The van der Waals surface area contributed by atoms with E-state index in [-0.39, 0.29) is 0 Å². The van der Waals surface area contributed by atoms with Crippen LogP contribution in [0.1, 0.15) is 58.8 Å². The second-order valence-electron chi connectivity index (χ2n) is 6.54. The highest BCUT2D eigenvalue weighted by Gasteiger charge is 2.39. The van der Waals surface area contributed by atoms with E-state index >= 15 is 0 Å². The van der Waals surface area contributed by atoms with E-state index in [2.05, 4.69) is 18.7 Å². The van der Waals surface area contributed by atoms with E-state index in [1.165, 1.54) is 64.6 Å². The number of nitrogens with two attached hydrogens (primary N) is 1. The van der Waals surface area contributed by atoms with Crippen molar-refractivity contribution in [3.8, 4) is 0 Å². The zero-order chi connectivity index (χ0) is 12.4. The standard InChI is InChI=1S/C15H30N2/c1-3-14(4-2)8-10-17(11-9-14)13-15(12-16)6-5-7-15/h3-13,16H2,1-2H3. The second-order valence-corrected chi connectivity index (χ2v) is 6.54. The van der Waals surface area contributed by atoms with Crippen molar-refractivity contribution in [3.63, 3.8) is 0 Å². The molecule has 0 aromatic heterocycles. The summed E-state index contributed by atoms with van der Waals surface area (Å²) in [5.41, 5.74) is 7.12. The Kier molecular flexibility index (Phi) is 4.14. The van der Waals surface area contributed by atoms with Gasteiger partial charge in [-0.05, 0) is 56.1 Å². The minimum absolute atomic E-state index is 0.498. The molecular weight excluding hydrogens is 208 g/mol. The maximum absolute atomic E-state index is 5.96. The first-order chi connectivity index (χ1) is 8.17. The van der Waals surface area contributed by atoms with Gasteiger partial charge in [0, 0.05) is 6.54 Å². The molecule has 1 aliphatic carbocycles. The molecule has 2 aliphatic rings. The first-order valence-electron chi connectivity index (χ1n) is 7.60. The second kappa shape index (κ2) is 5.27. The molecular formula is C15H30N2. The highest BCUT2D eigenvalue weighted by atomic mass is 15.1. The van der Waals surface area contributed by atoms with Crippen molar-refractivity contribution < 1.29 is 0 Å². The van der Waals surface area contributed by atoms with Crippen molar-refractivity contribution in [1.29, 1.82) is 0 Å². The molecule has 2 nitrogen and oxygen atoms in total. The Labute approximate surface area is 107 Å². The molecule has 0 spiro atoms. The van der Waals surface area contributed by atoms with Crippen LogP contribution in [0.25, 0.3) is 0 Å². The maximum Gasteiger partial charge on any atom is 0.00501 e. The molecule has 0 aromatic carbocycles. The van der Waals surface area contributed by atoms with Gasteiger partial charge in [-0.25, -0.2) is 0 Å². The Morgan fingerprint density at radius 1 is 0.941 bits per heavy atom. The maximum atomic E-state index is 5.96. The predicted molar refractivity (Wildman–Crippen MR) is 74.0 cm³/mol. The summed E-state index contributed by atoms with van der Waals surface area (Å²) in [6.07, 6.45) is 9.67. The summed E-state index contributed by atoms with van der Waals surface area (Å²) in [7, 11) is 0. The molecule has 2 N–H and O–H groups in total. The molecule has 2 fully saturated rings. The highest BCUT2D eigenvalue weighted by Crippen LogP contribution is 2.43. The minimum atomic E-state index is 0.498. The van der Waals surface area contributed by atoms with Gasteiger partial charge in [-0.3, -0.25) is 0 Å². The Hall–Kier alpha value is -0.0800. The topological polar surface area (TPSA) is 29.3 Å². The van der Waals surface area contributed by atoms with E-state index in [9.17, 15) is 0 Å². The number of rotatable bonds is 5. The number of likely N-dealkylation sites (tertiary alicyclic amines) is 1. The Morgan fingerprint density at radius 3 is 1.88 bits per heavy atom. The van der Waals surface area contributed by atoms with Crippen LogP contribution in [-0.4, -0.2) is 31.1 Å². The average Bonchev–Trinajstić information content (AvgIpc) is 2.35. The lowest BCUT2D eigenvalue weighted by Crippen LogP contribution is -2.50. The first kappa shape index (κ1) is 13.4. The van der Waals surface area contributed by atoms with Gasteiger partial charge in [-0.1, -0.05) is 33.1 Å². The van der Waals surface area contributed by atoms with Gasteiger partial charge >= 0.3 is 0 Å². The van der Waals surface area contributed by atoms with Gasteiger partial charge in [-0.15, -0.1) is 0 Å². The van der Waals surface area contributed by atoms with Crippen molar-refractivity contribution in [2.24, 2.45) is 16.6 Å². The van der Waals surface area contributed by atoms with E-state index in [1.807, 2.05) is 0 Å². The average molecular weight is 238 g/mol. The van der Waals surface area contributed by atoms with Crippen LogP contribution >= 0.6 is 0 Å². The molecule has 0 amide bonds. The van der Waals surface area contributed by atoms with E-state index in [4.69, 9.17) is 5.73 Å². The summed E-state index contributed by atoms with van der Waals surface area (Å²) in [5.74, 6) is 0. The molecule has 1 saturated carbocycles. The van der Waals surface area contributed by atoms with Gasteiger partial charge in [0.1, 0.15) is 0 Å². The number of piperidine rings is 1. The lowest BCUT2D eigenvalue weighted by molar-refractivity contribution is 0.0290. The largest absolute Gasteiger partial charge is 0.330 e. The molecule has 100 valence electrons. The Balaban J connectivity index is 1.83. The summed E-state index contributed by atoms with van der Waals surface area (Å²) in [6.45, 7) is 9.52. The van der Waals surface area contributed by atoms with Crippen LogP contribution in [-0.2, 0) is 0 Å². The van der Waals surface area contributed by atoms with E-state index in [0.29, 0.717) is 10.8 Å². The normalized spacial score (nSPS) is 27.7. The van der Waals surface area contributed by atoms with Gasteiger partial charge in [0.05, 0.1) is 0 Å². The Morgan fingerprint density at radius 2 is 1.53 bits per heavy atom. The molecule has 2 heteroatoms. The monoisotopic (exact) mass is 238 g/mol.